The predicted octanol–water partition coefficient (Wildman–Crippen LogP) is 4.56. The minimum atomic E-state index is 0.101. The van der Waals surface area contributed by atoms with Crippen LogP contribution in [-0.2, 0) is 0 Å². The molecular formula is C17H25NOS. The molecule has 3 heteroatoms. The van der Waals surface area contributed by atoms with Gasteiger partial charge in [0.1, 0.15) is 0 Å². The Morgan fingerprint density at radius 3 is 2.45 bits per heavy atom. The van der Waals surface area contributed by atoms with E-state index in [2.05, 4.69) is 11.4 Å². The second-order valence-corrected chi connectivity index (χ2v) is 6.58. The van der Waals surface area contributed by atoms with Gasteiger partial charge in [0, 0.05) is 16.5 Å². The third-order valence-electron chi connectivity index (χ3n) is 4.13. The summed E-state index contributed by atoms with van der Waals surface area (Å²) in [4.78, 5) is 13.6. The van der Waals surface area contributed by atoms with Crippen molar-refractivity contribution in [2.75, 3.05) is 6.26 Å². The Hall–Kier alpha value is -0.960. The summed E-state index contributed by atoms with van der Waals surface area (Å²) in [7, 11) is 0. The van der Waals surface area contributed by atoms with Crippen LogP contribution in [0.1, 0.15) is 60.9 Å². The van der Waals surface area contributed by atoms with Gasteiger partial charge in [-0.05, 0) is 43.7 Å². The number of benzene rings is 1. The Bertz CT molecular complexity index is 450. The number of amides is 1. The number of aryl methyl sites for hydroxylation is 1. The van der Waals surface area contributed by atoms with Crippen LogP contribution in [0.5, 0.6) is 0 Å². The van der Waals surface area contributed by atoms with Gasteiger partial charge in [-0.1, -0.05) is 38.2 Å². The fourth-order valence-corrected chi connectivity index (χ4v) is 3.28. The van der Waals surface area contributed by atoms with Crippen molar-refractivity contribution < 1.29 is 4.79 Å². The van der Waals surface area contributed by atoms with E-state index in [1.807, 2.05) is 25.3 Å². The molecule has 110 valence electrons. The molecule has 0 spiro atoms. The monoisotopic (exact) mass is 291 g/mol. The van der Waals surface area contributed by atoms with E-state index < -0.39 is 0 Å². The normalized spacial score (nSPS) is 17.3. The van der Waals surface area contributed by atoms with Crippen molar-refractivity contribution in [2.24, 2.45) is 0 Å². The minimum absolute atomic E-state index is 0.101. The van der Waals surface area contributed by atoms with Gasteiger partial charge in [-0.3, -0.25) is 4.79 Å². The molecule has 0 saturated heterocycles. The lowest BCUT2D eigenvalue weighted by Gasteiger charge is -2.21. The second-order valence-electron chi connectivity index (χ2n) is 5.70. The van der Waals surface area contributed by atoms with E-state index in [4.69, 9.17) is 0 Å². The fraction of sp³-hybridized carbons (Fsp3) is 0.588. The van der Waals surface area contributed by atoms with Crippen molar-refractivity contribution >= 4 is 17.7 Å². The second kappa shape index (κ2) is 7.72. The third-order valence-corrected chi connectivity index (χ3v) is 4.86. The number of carbonyl (C=O) groups is 1. The first-order chi connectivity index (χ1) is 9.70. The smallest absolute Gasteiger partial charge is 0.251 e. The van der Waals surface area contributed by atoms with Crippen LogP contribution in [0, 0.1) is 6.92 Å². The highest BCUT2D eigenvalue weighted by molar-refractivity contribution is 7.98. The van der Waals surface area contributed by atoms with Crippen LogP contribution in [0.25, 0.3) is 0 Å². The molecule has 0 aromatic heterocycles. The predicted molar refractivity (Wildman–Crippen MR) is 86.5 cm³/mol. The zero-order chi connectivity index (χ0) is 14.4. The first-order valence-electron chi connectivity index (χ1n) is 7.66. The molecule has 1 aromatic rings. The van der Waals surface area contributed by atoms with E-state index >= 15 is 0 Å². The summed E-state index contributed by atoms with van der Waals surface area (Å²) in [6, 6.07) is 6.49. The highest BCUT2D eigenvalue weighted by Gasteiger charge is 2.16. The molecule has 0 radical (unpaired) electrons. The first-order valence-corrected chi connectivity index (χ1v) is 8.88. The number of rotatable bonds is 3. The van der Waals surface area contributed by atoms with Gasteiger partial charge < -0.3 is 5.32 Å². The van der Waals surface area contributed by atoms with Crippen LogP contribution in [0.4, 0.5) is 0 Å². The van der Waals surface area contributed by atoms with E-state index in [0.717, 1.165) is 28.9 Å². The maximum absolute atomic E-state index is 12.5. The number of hydrogen-bond donors (Lipinski definition) is 1. The topological polar surface area (TPSA) is 29.1 Å². The molecule has 0 heterocycles. The Kier molecular flexibility index (Phi) is 5.96. The molecule has 2 rings (SSSR count). The highest BCUT2D eigenvalue weighted by atomic mass is 32.2. The maximum Gasteiger partial charge on any atom is 0.251 e. The van der Waals surface area contributed by atoms with Gasteiger partial charge in [0.2, 0.25) is 0 Å². The van der Waals surface area contributed by atoms with Crippen LogP contribution in [0.15, 0.2) is 23.1 Å². The zero-order valence-electron chi connectivity index (χ0n) is 12.6. The molecule has 20 heavy (non-hydrogen) atoms. The fourth-order valence-electron chi connectivity index (χ4n) is 2.84. The van der Waals surface area contributed by atoms with E-state index in [1.165, 1.54) is 32.1 Å². The number of hydrogen-bond acceptors (Lipinski definition) is 2. The lowest BCUT2D eigenvalue weighted by molar-refractivity contribution is 0.0929. The Morgan fingerprint density at radius 2 is 1.80 bits per heavy atom. The molecule has 0 aliphatic heterocycles. The van der Waals surface area contributed by atoms with Crippen LogP contribution in [-0.4, -0.2) is 18.2 Å². The van der Waals surface area contributed by atoms with Gasteiger partial charge in [-0.25, -0.2) is 0 Å². The van der Waals surface area contributed by atoms with E-state index in [9.17, 15) is 4.79 Å². The Morgan fingerprint density at radius 1 is 1.15 bits per heavy atom. The van der Waals surface area contributed by atoms with Crippen molar-refractivity contribution in [3.8, 4) is 0 Å². The molecule has 1 aromatic carbocycles. The summed E-state index contributed by atoms with van der Waals surface area (Å²) in [5, 5.41) is 3.25. The van der Waals surface area contributed by atoms with E-state index in [0.29, 0.717) is 6.04 Å². The molecule has 2 nitrogen and oxygen atoms in total. The lowest BCUT2D eigenvalue weighted by Crippen LogP contribution is -2.35. The molecule has 1 fully saturated rings. The molecule has 1 amide bonds. The molecule has 0 bridgehead atoms. The zero-order valence-corrected chi connectivity index (χ0v) is 13.4. The number of nitrogens with one attached hydrogen (secondary N) is 1. The van der Waals surface area contributed by atoms with Gasteiger partial charge in [0.15, 0.2) is 0 Å². The summed E-state index contributed by atoms with van der Waals surface area (Å²) in [5.74, 6) is 0.101. The molecule has 1 aliphatic carbocycles. The average molecular weight is 291 g/mol. The van der Waals surface area contributed by atoms with Crippen LogP contribution in [0.3, 0.4) is 0 Å². The molecular weight excluding hydrogens is 266 g/mol. The lowest BCUT2D eigenvalue weighted by atomic mass is 9.96. The van der Waals surface area contributed by atoms with Crippen molar-refractivity contribution in [3.05, 3.63) is 29.3 Å². The van der Waals surface area contributed by atoms with Gasteiger partial charge in [0.25, 0.3) is 5.91 Å². The van der Waals surface area contributed by atoms with Crippen LogP contribution < -0.4 is 5.32 Å². The van der Waals surface area contributed by atoms with Crippen molar-refractivity contribution in [2.45, 2.75) is 62.8 Å². The summed E-state index contributed by atoms with van der Waals surface area (Å²) in [6.07, 6.45) is 10.8. The largest absolute Gasteiger partial charge is 0.349 e. The Balaban J connectivity index is 2.03. The van der Waals surface area contributed by atoms with Gasteiger partial charge in [-0.15, -0.1) is 11.8 Å². The summed E-state index contributed by atoms with van der Waals surface area (Å²) < 4.78 is 0. The maximum atomic E-state index is 12.5. The van der Waals surface area contributed by atoms with Gasteiger partial charge in [0.05, 0.1) is 0 Å². The summed E-state index contributed by atoms with van der Waals surface area (Å²) in [6.45, 7) is 2.01. The molecule has 1 saturated carbocycles. The number of carbonyl (C=O) groups excluding carboxylic acids is 1. The van der Waals surface area contributed by atoms with Crippen molar-refractivity contribution in [1.29, 1.82) is 0 Å². The SMILES string of the molecule is CSc1ccc(C)c(C(=O)NC2CCCCCCC2)c1. The van der Waals surface area contributed by atoms with E-state index in [-0.39, 0.29) is 5.91 Å². The summed E-state index contributed by atoms with van der Waals surface area (Å²) >= 11 is 1.68. The molecule has 0 atom stereocenters. The Labute approximate surface area is 126 Å². The molecule has 0 unspecified atom stereocenters. The number of thioether (sulfide) groups is 1. The van der Waals surface area contributed by atoms with Crippen LogP contribution in [0.2, 0.25) is 0 Å². The minimum Gasteiger partial charge on any atom is -0.349 e. The van der Waals surface area contributed by atoms with Crippen molar-refractivity contribution in [3.63, 3.8) is 0 Å². The van der Waals surface area contributed by atoms with Gasteiger partial charge in [-0.2, -0.15) is 0 Å². The van der Waals surface area contributed by atoms with E-state index in [1.54, 1.807) is 11.8 Å². The summed E-state index contributed by atoms with van der Waals surface area (Å²) in [5.41, 5.74) is 1.89. The highest BCUT2D eigenvalue weighted by Crippen LogP contribution is 2.21. The first kappa shape index (κ1) is 15.4. The van der Waals surface area contributed by atoms with Gasteiger partial charge >= 0.3 is 0 Å². The molecule has 1 N–H and O–H groups in total. The molecule has 1 aliphatic rings. The third kappa shape index (κ3) is 4.27. The standard InChI is InChI=1S/C17H25NOS/c1-13-10-11-15(20-2)12-16(13)17(19)18-14-8-6-4-3-5-7-9-14/h10-12,14H,3-9H2,1-2H3,(H,18,19). The van der Waals surface area contributed by atoms with Crippen LogP contribution >= 0.6 is 11.8 Å². The van der Waals surface area contributed by atoms with Crippen molar-refractivity contribution in [1.82, 2.24) is 5.32 Å². The quantitative estimate of drug-likeness (QED) is 0.827. The average Bonchev–Trinajstić information content (AvgIpc) is 2.42.